The van der Waals surface area contributed by atoms with Gasteiger partial charge in [-0.15, -0.1) is 0 Å². The Morgan fingerprint density at radius 2 is 2.03 bits per heavy atom. The lowest BCUT2D eigenvalue weighted by Crippen LogP contribution is -2.08. The zero-order valence-electron chi connectivity index (χ0n) is 15.7. The second-order valence-electron chi connectivity index (χ2n) is 7.13. The molecule has 0 bridgehead atoms. The van der Waals surface area contributed by atoms with Crippen LogP contribution in [0.1, 0.15) is 17.9 Å². The Morgan fingerprint density at radius 3 is 2.83 bits per heavy atom. The van der Waals surface area contributed by atoms with Crippen molar-refractivity contribution in [2.24, 2.45) is 0 Å². The van der Waals surface area contributed by atoms with Crippen LogP contribution in [0.25, 0.3) is 22.0 Å². The Morgan fingerprint density at radius 1 is 1.07 bits per heavy atom. The number of halogens is 1. The maximum atomic E-state index is 15.0. The lowest BCUT2D eigenvalue weighted by atomic mass is 9.91. The highest BCUT2D eigenvalue weighted by Gasteiger charge is 2.21. The molecule has 0 aliphatic carbocycles. The van der Waals surface area contributed by atoms with Gasteiger partial charge in [-0.05, 0) is 60.3 Å². The van der Waals surface area contributed by atoms with E-state index in [0.29, 0.717) is 23.1 Å². The first-order chi connectivity index (χ1) is 14.3. The highest BCUT2D eigenvalue weighted by atomic mass is 19.1. The minimum Gasteiger partial charge on any atom is -0.439 e. The van der Waals surface area contributed by atoms with E-state index in [2.05, 4.69) is 26.3 Å². The molecule has 1 fully saturated rings. The number of pyridine rings is 1. The van der Waals surface area contributed by atoms with E-state index in [1.165, 1.54) is 6.07 Å². The van der Waals surface area contributed by atoms with E-state index in [0.717, 1.165) is 41.5 Å². The number of hydrogen-bond donors (Lipinski definition) is 1. The van der Waals surface area contributed by atoms with E-state index in [4.69, 9.17) is 4.74 Å². The minimum atomic E-state index is -0.342. The van der Waals surface area contributed by atoms with Crippen molar-refractivity contribution in [3.8, 4) is 22.8 Å². The topological polar surface area (TPSA) is 59.9 Å². The number of ether oxygens (including phenoxy) is 1. The smallest absolute Gasteiger partial charge is 0.219 e. The van der Waals surface area contributed by atoms with Crippen molar-refractivity contribution >= 4 is 10.9 Å². The van der Waals surface area contributed by atoms with Gasteiger partial charge in [-0.3, -0.25) is 0 Å². The summed E-state index contributed by atoms with van der Waals surface area (Å²) < 4.78 is 20.6. The number of hydrogen-bond acceptors (Lipinski definition) is 5. The van der Waals surface area contributed by atoms with Crippen molar-refractivity contribution in [2.45, 2.75) is 12.3 Å². The third kappa shape index (κ3) is 3.54. The predicted molar refractivity (Wildman–Crippen MR) is 109 cm³/mol. The van der Waals surface area contributed by atoms with E-state index in [9.17, 15) is 0 Å². The molecule has 6 heteroatoms. The molecule has 1 aliphatic heterocycles. The Labute approximate surface area is 167 Å². The third-order valence-electron chi connectivity index (χ3n) is 5.25. The Kier molecular flexibility index (Phi) is 4.62. The lowest BCUT2D eigenvalue weighted by Gasteiger charge is -2.15. The van der Waals surface area contributed by atoms with Gasteiger partial charge in [0, 0.05) is 42.0 Å². The first kappa shape index (κ1) is 17.7. The number of benzene rings is 2. The van der Waals surface area contributed by atoms with Crippen LogP contribution in [0.5, 0.6) is 11.6 Å². The Bertz CT molecular complexity index is 1160. The van der Waals surface area contributed by atoms with Gasteiger partial charge < -0.3 is 10.1 Å². The summed E-state index contributed by atoms with van der Waals surface area (Å²) in [6.45, 7) is 1.89. The van der Waals surface area contributed by atoms with Crippen LogP contribution >= 0.6 is 0 Å². The summed E-state index contributed by atoms with van der Waals surface area (Å²) in [5.41, 5.74) is 3.42. The predicted octanol–water partition coefficient (Wildman–Crippen LogP) is 4.70. The summed E-state index contributed by atoms with van der Waals surface area (Å²) >= 11 is 0. The van der Waals surface area contributed by atoms with Gasteiger partial charge in [0.05, 0.1) is 5.52 Å². The molecule has 4 aromatic rings. The van der Waals surface area contributed by atoms with Crippen molar-refractivity contribution in [3.05, 3.63) is 78.6 Å². The van der Waals surface area contributed by atoms with Crippen LogP contribution in [-0.2, 0) is 0 Å². The van der Waals surface area contributed by atoms with Crippen LogP contribution < -0.4 is 10.1 Å². The molecule has 29 heavy (non-hydrogen) atoms. The SMILES string of the molecule is Fc1cc(Oc2ccccn2)ccc1-c1cc(C2CCNC2)c2ncncc2c1. The van der Waals surface area contributed by atoms with E-state index < -0.39 is 0 Å². The molecule has 5 nitrogen and oxygen atoms in total. The summed E-state index contributed by atoms with van der Waals surface area (Å²) in [6.07, 6.45) is 6.03. The van der Waals surface area contributed by atoms with Crippen molar-refractivity contribution < 1.29 is 9.13 Å². The summed E-state index contributed by atoms with van der Waals surface area (Å²) in [5.74, 6) is 0.861. The highest BCUT2D eigenvalue weighted by molar-refractivity contribution is 5.87. The molecule has 1 unspecified atom stereocenters. The molecule has 3 heterocycles. The number of aromatic nitrogens is 3. The summed E-state index contributed by atoms with van der Waals surface area (Å²) in [6, 6.07) is 14.3. The summed E-state index contributed by atoms with van der Waals surface area (Å²) in [7, 11) is 0. The molecule has 1 N–H and O–H groups in total. The van der Waals surface area contributed by atoms with E-state index in [1.54, 1.807) is 43.0 Å². The van der Waals surface area contributed by atoms with Crippen molar-refractivity contribution in [2.75, 3.05) is 13.1 Å². The molecule has 1 atom stereocenters. The van der Waals surface area contributed by atoms with Gasteiger partial charge in [0.2, 0.25) is 5.88 Å². The van der Waals surface area contributed by atoms with E-state index in [1.807, 2.05) is 12.1 Å². The van der Waals surface area contributed by atoms with Crippen LogP contribution in [-0.4, -0.2) is 28.0 Å². The van der Waals surface area contributed by atoms with Crippen molar-refractivity contribution in [1.82, 2.24) is 20.3 Å². The van der Waals surface area contributed by atoms with Gasteiger partial charge >= 0.3 is 0 Å². The molecular weight excluding hydrogens is 367 g/mol. The van der Waals surface area contributed by atoms with Gasteiger partial charge in [-0.1, -0.05) is 6.07 Å². The molecule has 2 aromatic heterocycles. The van der Waals surface area contributed by atoms with Crippen LogP contribution in [0, 0.1) is 5.82 Å². The second-order valence-corrected chi connectivity index (χ2v) is 7.13. The quantitative estimate of drug-likeness (QED) is 0.551. The first-order valence-corrected chi connectivity index (χ1v) is 9.61. The summed E-state index contributed by atoms with van der Waals surface area (Å²) in [5, 5.41) is 4.31. The molecule has 2 aromatic carbocycles. The molecule has 1 saturated heterocycles. The maximum absolute atomic E-state index is 15.0. The second kappa shape index (κ2) is 7.56. The lowest BCUT2D eigenvalue weighted by molar-refractivity contribution is 0.458. The molecule has 0 spiro atoms. The molecule has 1 aliphatic rings. The molecular formula is C23H19FN4O. The monoisotopic (exact) mass is 386 g/mol. The van der Waals surface area contributed by atoms with Crippen LogP contribution in [0.3, 0.4) is 0 Å². The number of fused-ring (bicyclic) bond motifs is 1. The number of nitrogens with zero attached hydrogens (tertiary/aromatic N) is 3. The van der Waals surface area contributed by atoms with Crippen molar-refractivity contribution in [3.63, 3.8) is 0 Å². The molecule has 0 radical (unpaired) electrons. The molecule has 0 amide bonds. The van der Waals surface area contributed by atoms with E-state index in [-0.39, 0.29) is 5.82 Å². The van der Waals surface area contributed by atoms with Gasteiger partial charge in [0.25, 0.3) is 0 Å². The van der Waals surface area contributed by atoms with Gasteiger partial charge in [-0.2, -0.15) is 0 Å². The normalized spacial score (nSPS) is 16.2. The standard InChI is InChI=1S/C23H19FN4O/c24-21-11-18(29-22-3-1-2-7-27-22)4-5-19(21)16-9-17-13-26-14-28-23(17)20(10-16)15-6-8-25-12-15/h1-5,7,9-11,13-15,25H,6,8,12H2. The summed E-state index contributed by atoms with van der Waals surface area (Å²) in [4.78, 5) is 12.7. The fourth-order valence-electron chi connectivity index (χ4n) is 3.84. The number of nitrogens with one attached hydrogen (secondary N) is 1. The van der Waals surface area contributed by atoms with Crippen LogP contribution in [0.15, 0.2) is 67.3 Å². The van der Waals surface area contributed by atoms with Gasteiger partial charge in [0.15, 0.2) is 0 Å². The van der Waals surface area contributed by atoms with Gasteiger partial charge in [-0.25, -0.2) is 19.3 Å². The average molecular weight is 386 g/mol. The van der Waals surface area contributed by atoms with Gasteiger partial charge in [0.1, 0.15) is 17.9 Å². The minimum absolute atomic E-state index is 0.342. The molecule has 0 saturated carbocycles. The zero-order valence-corrected chi connectivity index (χ0v) is 15.7. The fraction of sp³-hybridized carbons (Fsp3) is 0.174. The fourth-order valence-corrected chi connectivity index (χ4v) is 3.84. The van der Waals surface area contributed by atoms with Crippen LogP contribution in [0.2, 0.25) is 0 Å². The largest absolute Gasteiger partial charge is 0.439 e. The third-order valence-corrected chi connectivity index (χ3v) is 5.25. The number of rotatable bonds is 4. The average Bonchev–Trinajstić information content (AvgIpc) is 3.29. The molecule has 5 rings (SSSR count). The highest BCUT2D eigenvalue weighted by Crippen LogP contribution is 2.35. The molecule has 144 valence electrons. The van der Waals surface area contributed by atoms with Crippen molar-refractivity contribution in [1.29, 1.82) is 0 Å². The van der Waals surface area contributed by atoms with Crippen LogP contribution in [0.4, 0.5) is 4.39 Å². The zero-order chi connectivity index (χ0) is 19.6. The van der Waals surface area contributed by atoms with E-state index >= 15 is 4.39 Å². The Balaban J connectivity index is 1.55. The maximum Gasteiger partial charge on any atom is 0.219 e. The first-order valence-electron chi connectivity index (χ1n) is 9.61. The Hall–Kier alpha value is -3.38.